The molecule has 0 aliphatic carbocycles. The predicted octanol–water partition coefficient (Wildman–Crippen LogP) is 2.87. The van der Waals surface area contributed by atoms with E-state index in [1.807, 2.05) is 25.1 Å². The molecule has 3 nitrogen and oxygen atoms in total. The second-order valence-corrected chi connectivity index (χ2v) is 7.05. The van der Waals surface area contributed by atoms with Gasteiger partial charge in [0.05, 0.1) is 5.75 Å². The van der Waals surface area contributed by atoms with Gasteiger partial charge in [-0.25, -0.2) is 8.42 Å². The zero-order valence-electron chi connectivity index (χ0n) is 11.4. The molecule has 0 aliphatic heterocycles. The topological polar surface area (TPSA) is 46.2 Å². The Bertz CT molecular complexity index is 468. The Balaban J connectivity index is 2.72. The van der Waals surface area contributed by atoms with E-state index in [9.17, 15) is 8.42 Å². The first-order valence-electron chi connectivity index (χ1n) is 6.53. The van der Waals surface area contributed by atoms with Gasteiger partial charge in [-0.05, 0) is 25.0 Å². The molecule has 0 bridgehead atoms. The van der Waals surface area contributed by atoms with Gasteiger partial charge in [0.1, 0.15) is 0 Å². The summed E-state index contributed by atoms with van der Waals surface area (Å²) in [7, 11) is -2.93. The Labute approximate surface area is 111 Å². The summed E-state index contributed by atoms with van der Waals surface area (Å²) < 4.78 is 23.1. The summed E-state index contributed by atoms with van der Waals surface area (Å²) >= 11 is 0. The van der Waals surface area contributed by atoms with Gasteiger partial charge >= 0.3 is 0 Å². The molecule has 0 fully saturated rings. The van der Waals surface area contributed by atoms with Crippen LogP contribution in [0.1, 0.15) is 32.8 Å². The molecule has 1 unspecified atom stereocenters. The van der Waals surface area contributed by atoms with Gasteiger partial charge in [0.15, 0.2) is 9.84 Å². The maximum Gasteiger partial charge on any atom is 0.152 e. The molecule has 1 aromatic rings. The van der Waals surface area contributed by atoms with Crippen molar-refractivity contribution < 1.29 is 8.42 Å². The van der Waals surface area contributed by atoms with E-state index in [0.29, 0.717) is 0 Å². The highest BCUT2D eigenvalue weighted by atomic mass is 32.2. The zero-order valence-corrected chi connectivity index (χ0v) is 12.3. The van der Waals surface area contributed by atoms with Crippen LogP contribution < -0.4 is 5.32 Å². The van der Waals surface area contributed by atoms with E-state index in [2.05, 4.69) is 18.3 Å². The van der Waals surface area contributed by atoms with Crippen LogP contribution in [-0.2, 0) is 16.3 Å². The fourth-order valence-corrected chi connectivity index (χ4v) is 3.04. The summed E-state index contributed by atoms with van der Waals surface area (Å²) in [5.74, 6) is 0.388. The standard InChI is InChI=1S/C14H23NO2S/c1-4-8-13-9-6-7-10-14(13)15-12(3)11-18(16,17)5-2/h6-7,9-10,12,15H,4-5,8,11H2,1-3H3. The van der Waals surface area contributed by atoms with Crippen molar-refractivity contribution in [2.45, 2.75) is 39.7 Å². The van der Waals surface area contributed by atoms with Crippen LogP contribution in [0, 0.1) is 0 Å². The molecule has 0 saturated carbocycles. The summed E-state index contributed by atoms with van der Waals surface area (Å²) in [5, 5.41) is 3.31. The van der Waals surface area contributed by atoms with E-state index in [0.717, 1.165) is 18.5 Å². The van der Waals surface area contributed by atoms with Crippen LogP contribution in [0.3, 0.4) is 0 Å². The van der Waals surface area contributed by atoms with Gasteiger partial charge in [-0.1, -0.05) is 38.5 Å². The Morgan fingerprint density at radius 3 is 2.50 bits per heavy atom. The molecule has 0 heterocycles. The minimum Gasteiger partial charge on any atom is -0.381 e. The monoisotopic (exact) mass is 269 g/mol. The SMILES string of the molecule is CCCc1ccccc1NC(C)CS(=O)(=O)CC. The van der Waals surface area contributed by atoms with Crippen LogP contribution in [0.4, 0.5) is 5.69 Å². The quantitative estimate of drug-likeness (QED) is 0.828. The van der Waals surface area contributed by atoms with Crippen molar-refractivity contribution in [3.8, 4) is 0 Å². The number of hydrogen-bond donors (Lipinski definition) is 1. The van der Waals surface area contributed by atoms with E-state index >= 15 is 0 Å². The van der Waals surface area contributed by atoms with E-state index in [1.54, 1.807) is 6.92 Å². The Morgan fingerprint density at radius 2 is 1.89 bits per heavy atom. The number of rotatable bonds is 7. The van der Waals surface area contributed by atoms with Crippen molar-refractivity contribution in [3.63, 3.8) is 0 Å². The van der Waals surface area contributed by atoms with Crippen molar-refractivity contribution in [1.29, 1.82) is 0 Å². The fraction of sp³-hybridized carbons (Fsp3) is 0.571. The zero-order chi connectivity index (χ0) is 13.6. The maximum atomic E-state index is 11.6. The first-order chi connectivity index (χ1) is 8.48. The predicted molar refractivity (Wildman–Crippen MR) is 77.8 cm³/mol. The fourth-order valence-electron chi connectivity index (χ4n) is 1.95. The Hall–Kier alpha value is -1.03. The van der Waals surface area contributed by atoms with Gasteiger partial charge in [-0.2, -0.15) is 0 Å². The average Bonchev–Trinajstić information content (AvgIpc) is 2.31. The van der Waals surface area contributed by atoms with E-state index in [-0.39, 0.29) is 17.5 Å². The van der Waals surface area contributed by atoms with Crippen molar-refractivity contribution in [3.05, 3.63) is 29.8 Å². The molecule has 1 aromatic carbocycles. The lowest BCUT2D eigenvalue weighted by molar-refractivity contribution is 0.593. The third kappa shape index (κ3) is 4.69. The summed E-state index contributed by atoms with van der Waals surface area (Å²) in [6.45, 7) is 5.74. The van der Waals surface area contributed by atoms with Crippen LogP contribution in [0.2, 0.25) is 0 Å². The highest BCUT2D eigenvalue weighted by molar-refractivity contribution is 7.91. The van der Waals surface area contributed by atoms with Gasteiger partial charge in [0.25, 0.3) is 0 Å². The van der Waals surface area contributed by atoms with E-state index < -0.39 is 9.84 Å². The number of sulfone groups is 1. The van der Waals surface area contributed by atoms with Crippen LogP contribution >= 0.6 is 0 Å². The van der Waals surface area contributed by atoms with E-state index in [4.69, 9.17) is 0 Å². The number of aryl methyl sites for hydroxylation is 1. The molecule has 0 aliphatic rings. The first kappa shape index (κ1) is 15.0. The van der Waals surface area contributed by atoms with Gasteiger partial charge in [-0.15, -0.1) is 0 Å². The second kappa shape index (κ2) is 6.78. The molecule has 0 saturated heterocycles. The molecule has 0 radical (unpaired) electrons. The Kier molecular flexibility index (Phi) is 5.66. The summed E-state index contributed by atoms with van der Waals surface area (Å²) in [4.78, 5) is 0. The van der Waals surface area contributed by atoms with Crippen molar-refractivity contribution in [2.75, 3.05) is 16.8 Å². The summed E-state index contributed by atoms with van der Waals surface area (Å²) in [5.41, 5.74) is 2.30. The lowest BCUT2D eigenvalue weighted by atomic mass is 10.1. The largest absolute Gasteiger partial charge is 0.381 e. The third-order valence-corrected chi connectivity index (χ3v) is 4.77. The van der Waals surface area contributed by atoms with Crippen molar-refractivity contribution in [1.82, 2.24) is 0 Å². The molecule has 0 amide bonds. The summed E-state index contributed by atoms with van der Waals surface area (Å²) in [6.07, 6.45) is 2.09. The molecule has 1 N–H and O–H groups in total. The number of benzene rings is 1. The third-order valence-electron chi connectivity index (χ3n) is 2.88. The normalized spacial score (nSPS) is 13.3. The molecule has 1 atom stereocenters. The molecule has 0 aromatic heterocycles. The molecule has 0 spiro atoms. The highest BCUT2D eigenvalue weighted by Gasteiger charge is 2.14. The first-order valence-corrected chi connectivity index (χ1v) is 8.35. The van der Waals surface area contributed by atoms with Gasteiger partial charge in [0, 0.05) is 17.5 Å². The maximum absolute atomic E-state index is 11.6. The minimum absolute atomic E-state index is 0.0621. The molecule has 1 rings (SSSR count). The second-order valence-electron chi connectivity index (χ2n) is 4.65. The molecular weight excluding hydrogens is 246 g/mol. The van der Waals surface area contributed by atoms with E-state index in [1.165, 1.54) is 5.56 Å². The molecular formula is C14H23NO2S. The smallest absolute Gasteiger partial charge is 0.152 e. The number of nitrogens with one attached hydrogen (secondary N) is 1. The van der Waals surface area contributed by atoms with Crippen molar-refractivity contribution >= 4 is 15.5 Å². The number of para-hydroxylation sites is 1. The summed E-state index contributed by atoms with van der Waals surface area (Å²) in [6, 6.07) is 8.03. The number of anilines is 1. The number of hydrogen-bond acceptors (Lipinski definition) is 3. The lowest BCUT2D eigenvalue weighted by Gasteiger charge is -2.17. The average molecular weight is 269 g/mol. The van der Waals surface area contributed by atoms with Crippen LogP contribution in [0.15, 0.2) is 24.3 Å². The van der Waals surface area contributed by atoms with Gasteiger partial charge in [0.2, 0.25) is 0 Å². The van der Waals surface area contributed by atoms with Crippen LogP contribution in [-0.4, -0.2) is 26.0 Å². The minimum atomic E-state index is -2.93. The molecule has 4 heteroatoms. The molecule has 102 valence electrons. The van der Waals surface area contributed by atoms with Crippen LogP contribution in [0.5, 0.6) is 0 Å². The lowest BCUT2D eigenvalue weighted by Crippen LogP contribution is -2.27. The van der Waals surface area contributed by atoms with Crippen LogP contribution in [0.25, 0.3) is 0 Å². The van der Waals surface area contributed by atoms with Gasteiger partial charge < -0.3 is 5.32 Å². The van der Waals surface area contributed by atoms with Crippen molar-refractivity contribution in [2.24, 2.45) is 0 Å². The molecule has 18 heavy (non-hydrogen) atoms. The highest BCUT2D eigenvalue weighted by Crippen LogP contribution is 2.18. The van der Waals surface area contributed by atoms with Gasteiger partial charge in [-0.3, -0.25) is 0 Å². The Morgan fingerprint density at radius 1 is 1.22 bits per heavy atom.